The summed E-state index contributed by atoms with van der Waals surface area (Å²) < 4.78 is 19.3. The second kappa shape index (κ2) is 10.4. The van der Waals surface area contributed by atoms with Gasteiger partial charge < -0.3 is 19.4 Å². The van der Waals surface area contributed by atoms with Crippen LogP contribution < -0.4 is 4.74 Å². The molecule has 3 aliphatic rings. The third-order valence-electron chi connectivity index (χ3n) is 7.09. The second-order valence-electron chi connectivity index (χ2n) is 9.50. The number of ether oxygens (including phenoxy) is 1. The minimum absolute atomic E-state index is 0.0278. The predicted octanol–water partition coefficient (Wildman–Crippen LogP) is 3.73. The highest BCUT2D eigenvalue weighted by atomic mass is 32.1. The molecule has 2 aliphatic heterocycles. The van der Waals surface area contributed by atoms with E-state index in [9.17, 15) is 14.0 Å². The van der Waals surface area contributed by atoms with Crippen LogP contribution in [0.15, 0.2) is 35.7 Å². The number of thiophene rings is 1. The van der Waals surface area contributed by atoms with E-state index in [1.807, 2.05) is 4.90 Å². The lowest BCUT2D eigenvalue weighted by atomic mass is 10.0. The zero-order valence-electron chi connectivity index (χ0n) is 19.5. The van der Waals surface area contributed by atoms with Crippen LogP contribution in [0.5, 0.6) is 5.75 Å². The van der Waals surface area contributed by atoms with Crippen LogP contribution in [0.3, 0.4) is 0 Å². The number of benzene rings is 1. The van der Waals surface area contributed by atoms with Crippen LogP contribution in [-0.2, 0) is 16.0 Å². The van der Waals surface area contributed by atoms with Gasteiger partial charge in [0.15, 0.2) is 0 Å². The van der Waals surface area contributed by atoms with Crippen LogP contribution in [0.4, 0.5) is 4.39 Å². The molecule has 1 aromatic carbocycles. The highest BCUT2D eigenvalue weighted by Gasteiger charge is 2.37. The van der Waals surface area contributed by atoms with E-state index in [2.05, 4.69) is 16.3 Å². The largest absolute Gasteiger partial charge is 0.491 e. The summed E-state index contributed by atoms with van der Waals surface area (Å²) in [6, 6.07) is 7.80. The Morgan fingerprint density at radius 1 is 1.09 bits per heavy atom. The Morgan fingerprint density at radius 2 is 1.85 bits per heavy atom. The van der Waals surface area contributed by atoms with E-state index < -0.39 is 0 Å². The van der Waals surface area contributed by atoms with Crippen LogP contribution in [0.2, 0.25) is 0 Å². The molecular formula is C26H32FN3O3S. The molecule has 8 heteroatoms. The molecule has 2 fully saturated rings. The topological polar surface area (TPSA) is 53.1 Å². The van der Waals surface area contributed by atoms with E-state index >= 15 is 0 Å². The lowest BCUT2D eigenvalue weighted by Crippen LogP contribution is -2.49. The first kappa shape index (κ1) is 23.3. The molecule has 3 heterocycles. The summed E-state index contributed by atoms with van der Waals surface area (Å²) in [6.07, 6.45) is 5.10. The summed E-state index contributed by atoms with van der Waals surface area (Å²) in [4.78, 5) is 33.9. The number of halogens is 1. The fraction of sp³-hybridized carbons (Fsp3) is 0.538. The van der Waals surface area contributed by atoms with Crippen molar-refractivity contribution >= 4 is 23.2 Å². The molecule has 5 rings (SSSR count). The maximum absolute atomic E-state index is 13.6. The van der Waals surface area contributed by atoms with Crippen molar-refractivity contribution in [3.8, 4) is 5.75 Å². The Kier molecular flexibility index (Phi) is 7.15. The third-order valence-corrected chi connectivity index (χ3v) is 8.08. The molecular weight excluding hydrogens is 453 g/mol. The van der Waals surface area contributed by atoms with E-state index in [4.69, 9.17) is 4.74 Å². The Morgan fingerprint density at radius 3 is 2.59 bits per heavy atom. The maximum atomic E-state index is 13.6. The van der Waals surface area contributed by atoms with Gasteiger partial charge in [0.2, 0.25) is 11.8 Å². The normalized spacial score (nSPS) is 20.3. The highest BCUT2D eigenvalue weighted by molar-refractivity contribution is 7.10. The standard InChI is InChI=1S/C26H32FN3O3S/c27-20-5-7-21(8-6-20)33-18-23-22-10-16-34-24(22)9-13-30(23)25(31)17-29(26(32)19-3-4-19)15-14-28-11-1-2-12-28/h5-8,10,16,19,23H,1-4,9,11-15,17-18H2/t23-/m1/s1. The van der Waals surface area contributed by atoms with Crippen LogP contribution in [0.1, 0.15) is 42.2 Å². The summed E-state index contributed by atoms with van der Waals surface area (Å²) in [5, 5.41) is 2.06. The van der Waals surface area contributed by atoms with Crippen molar-refractivity contribution in [3.63, 3.8) is 0 Å². The van der Waals surface area contributed by atoms with Gasteiger partial charge in [0.25, 0.3) is 0 Å². The van der Waals surface area contributed by atoms with Gasteiger partial charge in [-0.1, -0.05) is 0 Å². The predicted molar refractivity (Wildman–Crippen MR) is 129 cm³/mol. The molecule has 1 atom stereocenters. The molecule has 0 unspecified atom stereocenters. The number of carbonyl (C=O) groups is 2. The van der Waals surface area contributed by atoms with Crippen LogP contribution in [-0.4, -0.2) is 72.4 Å². The lowest BCUT2D eigenvalue weighted by molar-refractivity contribution is -0.143. The second-order valence-corrected chi connectivity index (χ2v) is 10.5. The van der Waals surface area contributed by atoms with Crippen molar-refractivity contribution in [1.29, 1.82) is 0 Å². The van der Waals surface area contributed by atoms with E-state index in [0.717, 1.165) is 44.5 Å². The molecule has 1 aliphatic carbocycles. The van der Waals surface area contributed by atoms with Crippen molar-refractivity contribution in [2.24, 2.45) is 5.92 Å². The van der Waals surface area contributed by atoms with E-state index in [-0.39, 0.29) is 36.1 Å². The van der Waals surface area contributed by atoms with Gasteiger partial charge in [0.05, 0.1) is 12.6 Å². The van der Waals surface area contributed by atoms with Crippen molar-refractivity contribution in [2.75, 3.05) is 45.9 Å². The number of carbonyl (C=O) groups excluding carboxylic acids is 2. The van der Waals surface area contributed by atoms with Crippen molar-refractivity contribution in [2.45, 2.75) is 38.1 Å². The maximum Gasteiger partial charge on any atom is 0.242 e. The smallest absolute Gasteiger partial charge is 0.242 e. The van der Waals surface area contributed by atoms with E-state index in [1.165, 1.54) is 29.9 Å². The molecule has 0 bridgehead atoms. The van der Waals surface area contributed by atoms with Crippen molar-refractivity contribution in [3.05, 3.63) is 52.0 Å². The van der Waals surface area contributed by atoms with Crippen molar-refractivity contribution in [1.82, 2.24) is 14.7 Å². The Hall–Kier alpha value is -2.45. The minimum atomic E-state index is -0.309. The Bertz CT molecular complexity index is 1000. The first-order chi connectivity index (χ1) is 16.6. The Labute approximate surface area is 204 Å². The summed E-state index contributed by atoms with van der Waals surface area (Å²) in [6.45, 7) is 4.62. The molecule has 1 saturated carbocycles. The number of fused-ring (bicyclic) bond motifs is 1. The molecule has 182 valence electrons. The van der Waals surface area contributed by atoms with Gasteiger partial charge in [-0.3, -0.25) is 9.59 Å². The zero-order chi connectivity index (χ0) is 23.5. The first-order valence-electron chi connectivity index (χ1n) is 12.3. The highest BCUT2D eigenvalue weighted by Crippen LogP contribution is 2.35. The van der Waals surface area contributed by atoms with Gasteiger partial charge in [0.1, 0.15) is 18.2 Å². The van der Waals surface area contributed by atoms with Gasteiger partial charge in [-0.25, -0.2) is 4.39 Å². The number of likely N-dealkylation sites (tertiary alicyclic amines) is 1. The van der Waals surface area contributed by atoms with E-state index in [0.29, 0.717) is 25.4 Å². The molecule has 2 amide bonds. The number of amides is 2. The summed E-state index contributed by atoms with van der Waals surface area (Å²) in [5.41, 5.74) is 1.11. The SMILES string of the molecule is O=C(C1CC1)N(CCN1CCCC1)CC(=O)N1CCc2sccc2[C@H]1COc1ccc(F)cc1. The van der Waals surface area contributed by atoms with E-state index in [1.54, 1.807) is 28.4 Å². The monoisotopic (exact) mass is 485 g/mol. The lowest BCUT2D eigenvalue weighted by Gasteiger charge is -2.37. The Balaban J connectivity index is 1.28. The van der Waals surface area contributed by atoms with Gasteiger partial charge in [-0.05, 0) is 86.5 Å². The zero-order valence-corrected chi connectivity index (χ0v) is 20.3. The fourth-order valence-corrected chi connectivity index (χ4v) is 5.89. The fourth-order valence-electron chi connectivity index (χ4n) is 4.96. The molecule has 0 N–H and O–H groups in total. The molecule has 0 radical (unpaired) electrons. The van der Waals surface area contributed by atoms with Gasteiger partial charge in [-0.15, -0.1) is 11.3 Å². The number of rotatable bonds is 9. The summed E-state index contributed by atoms with van der Waals surface area (Å²) in [7, 11) is 0. The van der Waals surface area contributed by atoms with Gasteiger partial charge in [-0.2, -0.15) is 0 Å². The van der Waals surface area contributed by atoms with Crippen LogP contribution in [0.25, 0.3) is 0 Å². The van der Waals surface area contributed by atoms with Crippen LogP contribution in [0, 0.1) is 11.7 Å². The molecule has 1 aromatic heterocycles. The molecule has 34 heavy (non-hydrogen) atoms. The summed E-state index contributed by atoms with van der Waals surface area (Å²) >= 11 is 1.71. The molecule has 0 spiro atoms. The quantitative estimate of drug-likeness (QED) is 0.543. The van der Waals surface area contributed by atoms with Crippen LogP contribution >= 0.6 is 11.3 Å². The number of nitrogens with zero attached hydrogens (tertiary/aromatic N) is 3. The van der Waals surface area contributed by atoms with Gasteiger partial charge >= 0.3 is 0 Å². The average Bonchev–Trinajstić information content (AvgIpc) is 3.35. The average molecular weight is 486 g/mol. The number of hydrogen-bond donors (Lipinski definition) is 0. The van der Waals surface area contributed by atoms with Crippen molar-refractivity contribution < 1.29 is 18.7 Å². The first-order valence-corrected chi connectivity index (χ1v) is 13.2. The third kappa shape index (κ3) is 5.44. The number of hydrogen-bond acceptors (Lipinski definition) is 5. The molecule has 1 saturated heterocycles. The minimum Gasteiger partial charge on any atom is -0.491 e. The molecule has 6 nitrogen and oxygen atoms in total. The summed E-state index contributed by atoms with van der Waals surface area (Å²) in [5.74, 6) is 0.456. The molecule has 2 aromatic rings. The van der Waals surface area contributed by atoms with Gasteiger partial charge in [0, 0.05) is 30.4 Å².